The monoisotopic (exact) mass is 299 g/mol. The van der Waals surface area contributed by atoms with E-state index < -0.39 is 0 Å². The molecule has 0 radical (unpaired) electrons. The molecule has 5 heteroatoms. The molecule has 2 heterocycles. The van der Waals surface area contributed by atoms with E-state index in [-0.39, 0.29) is 0 Å². The van der Waals surface area contributed by atoms with E-state index in [1.807, 2.05) is 12.3 Å². The minimum Gasteiger partial charge on any atom is -0.340 e. The van der Waals surface area contributed by atoms with E-state index in [2.05, 4.69) is 51.1 Å². The maximum Gasteiger partial charge on any atom is 0.147 e. The van der Waals surface area contributed by atoms with Crippen LogP contribution >= 0.6 is 27.3 Å². The zero-order valence-electron chi connectivity index (χ0n) is 9.25. The van der Waals surface area contributed by atoms with Crippen LogP contribution in [0.15, 0.2) is 22.1 Å². The molecule has 0 aliphatic rings. The van der Waals surface area contributed by atoms with E-state index >= 15 is 0 Å². The highest BCUT2D eigenvalue weighted by molar-refractivity contribution is 9.11. The summed E-state index contributed by atoms with van der Waals surface area (Å²) in [6.07, 6.45) is 1.89. The van der Waals surface area contributed by atoms with Crippen LogP contribution in [0.4, 0.5) is 0 Å². The van der Waals surface area contributed by atoms with Gasteiger partial charge in [-0.15, -0.1) is 11.3 Å². The summed E-state index contributed by atoms with van der Waals surface area (Å²) in [6, 6.07) is 4.59. The van der Waals surface area contributed by atoms with Crippen LogP contribution < -0.4 is 5.32 Å². The number of thiophene rings is 1. The summed E-state index contributed by atoms with van der Waals surface area (Å²) in [7, 11) is 0. The highest BCUT2D eigenvalue weighted by Crippen LogP contribution is 2.29. The third kappa shape index (κ3) is 2.93. The quantitative estimate of drug-likeness (QED) is 0.908. The zero-order chi connectivity index (χ0) is 11.5. The maximum absolute atomic E-state index is 4.37. The first-order valence-corrected chi connectivity index (χ1v) is 6.79. The van der Waals surface area contributed by atoms with Crippen LogP contribution in [0, 0.1) is 0 Å². The van der Waals surface area contributed by atoms with Gasteiger partial charge in [-0.25, -0.2) is 4.98 Å². The molecule has 0 bridgehead atoms. The molecular formula is C11H14BrN3S. The van der Waals surface area contributed by atoms with Crippen molar-refractivity contribution in [2.24, 2.45) is 0 Å². The Morgan fingerprint density at radius 3 is 2.94 bits per heavy atom. The summed E-state index contributed by atoms with van der Waals surface area (Å²) < 4.78 is 1.13. The number of imidazole rings is 1. The Balaban J connectivity index is 2.07. The van der Waals surface area contributed by atoms with Crippen molar-refractivity contribution in [1.82, 2.24) is 15.3 Å². The van der Waals surface area contributed by atoms with Crippen LogP contribution in [-0.2, 0) is 6.54 Å². The van der Waals surface area contributed by atoms with Gasteiger partial charge in [0.1, 0.15) is 5.82 Å². The summed E-state index contributed by atoms with van der Waals surface area (Å²) in [5, 5.41) is 3.35. The lowest BCUT2D eigenvalue weighted by Gasteiger charge is -2.05. The number of aromatic amines is 1. The molecule has 0 saturated heterocycles. The fraction of sp³-hybridized carbons (Fsp3) is 0.364. The van der Waals surface area contributed by atoms with Crippen molar-refractivity contribution < 1.29 is 0 Å². The zero-order valence-corrected chi connectivity index (χ0v) is 11.7. The lowest BCUT2D eigenvalue weighted by atomic mass is 10.3. The topological polar surface area (TPSA) is 40.7 Å². The molecule has 0 saturated carbocycles. The SMILES string of the molecule is CC(C)NCc1cnc(-c2ccc(Br)s2)[nH]1. The van der Waals surface area contributed by atoms with Crippen LogP contribution in [-0.4, -0.2) is 16.0 Å². The van der Waals surface area contributed by atoms with Gasteiger partial charge in [-0.3, -0.25) is 0 Å². The lowest BCUT2D eigenvalue weighted by molar-refractivity contribution is 0.583. The van der Waals surface area contributed by atoms with Gasteiger partial charge in [0.15, 0.2) is 0 Å². The average Bonchev–Trinajstić information content (AvgIpc) is 2.83. The third-order valence-electron chi connectivity index (χ3n) is 2.14. The lowest BCUT2D eigenvalue weighted by Crippen LogP contribution is -2.21. The Bertz CT molecular complexity index is 461. The molecule has 0 aliphatic carbocycles. The highest BCUT2D eigenvalue weighted by atomic mass is 79.9. The number of nitrogens with one attached hydrogen (secondary N) is 2. The molecule has 86 valence electrons. The van der Waals surface area contributed by atoms with Crippen molar-refractivity contribution in [3.05, 3.63) is 27.8 Å². The number of aromatic nitrogens is 2. The van der Waals surface area contributed by atoms with Crippen LogP contribution in [0.3, 0.4) is 0 Å². The van der Waals surface area contributed by atoms with Crippen LogP contribution in [0.5, 0.6) is 0 Å². The van der Waals surface area contributed by atoms with Gasteiger partial charge < -0.3 is 10.3 Å². The van der Waals surface area contributed by atoms with Gasteiger partial charge in [-0.2, -0.15) is 0 Å². The number of hydrogen-bond acceptors (Lipinski definition) is 3. The van der Waals surface area contributed by atoms with Gasteiger partial charge in [-0.05, 0) is 28.1 Å². The molecule has 0 spiro atoms. The van der Waals surface area contributed by atoms with E-state index in [9.17, 15) is 0 Å². The van der Waals surface area contributed by atoms with Crippen molar-refractivity contribution in [3.8, 4) is 10.7 Å². The number of nitrogens with zero attached hydrogens (tertiary/aromatic N) is 1. The van der Waals surface area contributed by atoms with E-state index in [0.29, 0.717) is 6.04 Å². The summed E-state index contributed by atoms with van der Waals surface area (Å²) in [6.45, 7) is 5.10. The average molecular weight is 300 g/mol. The predicted octanol–water partition coefficient (Wildman–Crippen LogP) is 3.40. The summed E-state index contributed by atoms with van der Waals surface area (Å²) in [4.78, 5) is 8.84. The Morgan fingerprint density at radius 2 is 2.31 bits per heavy atom. The summed E-state index contributed by atoms with van der Waals surface area (Å²) in [5.41, 5.74) is 1.12. The van der Waals surface area contributed by atoms with Crippen molar-refractivity contribution >= 4 is 27.3 Å². The Hall–Kier alpha value is -0.650. The van der Waals surface area contributed by atoms with Gasteiger partial charge >= 0.3 is 0 Å². The normalized spacial score (nSPS) is 11.2. The first-order chi connectivity index (χ1) is 7.65. The molecular weight excluding hydrogens is 286 g/mol. The second kappa shape index (κ2) is 5.12. The molecule has 0 aliphatic heterocycles. The second-order valence-corrected chi connectivity index (χ2v) is 6.36. The standard InChI is InChI=1S/C11H14BrN3S/c1-7(2)13-5-8-6-14-11(15-8)9-3-4-10(12)16-9/h3-4,6-7,13H,5H2,1-2H3,(H,14,15). The number of rotatable bonds is 4. The van der Waals surface area contributed by atoms with E-state index in [1.165, 1.54) is 0 Å². The van der Waals surface area contributed by atoms with Gasteiger partial charge in [-0.1, -0.05) is 13.8 Å². The Morgan fingerprint density at radius 1 is 1.50 bits per heavy atom. The van der Waals surface area contributed by atoms with Gasteiger partial charge in [0.05, 0.1) is 8.66 Å². The van der Waals surface area contributed by atoms with E-state index in [0.717, 1.165) is 26.7 Å². The molecule has 2 aromatic heterocycles. The molecule has 0 fully saturated rings. The molecule has 0 amide bonds. The number of H-pyrrole nitrogens is 1. The molecule has 2 rings (SSSR count). The molecule has 16 heavy (non-hydrogen) atoms. The number of halogens is 1. The first kappa shape index (κ1) is 11.8. The minimum atomic E-state index is 0.489. The van der Waals surface area contributed by atoms with Gasteiger partial charge in [0.25, 0.3) is 0 Å². The predicted molar refractivity (Wildman–Crippen MR) is 71.6 cm³/mol. The van der Waals surface area contributed by atoms with Crippen molar-refractivity contribution in [2.75, 3.05) is 0 Å². The fourth-order valence-electron chi connectivity index (χ4n) is 1.33. The van der Waals surface area contributed by atoms with E-state index in [1.54, 1.807) is 11.3 Å². The van der Waals surface area contributed by atoms with Crippen molar-refractivity contribution in [1.29, 1.82) is 0 Å². The fourth-order valence-corrected chi connectivity index (χ4v) is 2.67. The van der Waals surface area contributed by atoms with Crippen LogP contribution in [0.25, 0.3) is 10.7 Å². The Labute approximate surface area is 107 Å². The summed E-state index contributed by atoms with van der Waals surface area (Å²) in [5.74, 6) is 0.941. The first-order valence-electron chi connectivity index (χ1n) is 5.18. The number of hydrogen-bond donors (Lipinski definition) is 2. The van der Waals surface area contributed by atoms with Gasteiger partial charge in [0.2, 0.25) is 0 Å². The highest BCUT2D eigenvalue weighted by Gasteiger charge is 2.06. The van der Waals surface area contributed by atoms with E-state index in [4.69, 9.17) is 0 Å². The van der Waals surface area contributed by atoms with Crippen LogP contribution in [0.2, 0.25) is 0 Å². The van der Waals surface area contributed by atoms with Crippen molar-refractivity contribution in [3.63, 3.8) is 0 Å². The molecule has 2 aromatic rings. The van der Waals surface area contributed by atoms with Crippen molar-refractivity contribution in [2.45, 2.75) is 26.4 Å². The van der Waals surface area contributed by atoms with Gasteiger partial charge in [0, 0.05) is 24.5 Å². The largest absolute Gasteiger partial charge is 0.340 e. The molecule has 0 aromatic carbocycles. The maximum atomic E-state index is 4.37. The third-order valence-corrected chi connectivity index (χ3v) is 3.77. The molecule has 3 nitrogen and oxygen atoms in total. The minimum absolute atomic E-state index is 0.489. The summed E-state index contributed by atoms with van der Waals surface area (Å²) >= 11 is 5.13. The molecule has 2 N–H and O–H groups in total. The molecule has 0 atom stereocenters. The second-order valence-electron chi connectivity index (χ2n) is 3.90. The Kier molecular flexibility index (Phi) is 3.78. The van der Waals surface area contributed by atoms with Crippen LogP contribution in [0.1, 0.15) is 19.5 Å². The molecule has 0 unspecified atom stereocenters. The smallest absolute Gasteiger partial charge is 0.147 e.